The minimum Gasteiger partial charge on any atom is -0.337 e. The van der Waals surface area contributed by atoms with Crippen LogP contribution in [0.1, 0.15) is 31.4 Å². The number of carbonyl (C=O) groups excluding carboxylic acids is 1. The SMILES string of the molecule is CCC(C)C(N)C(=O)N1CCc2ccc(F)cc2C1.Cl. The average Bonchev–Trinajstić information content (AvgIpc) is 2.43. The lowest BCUT2D eigenvalue weighted by Gasteiger charge is -2.32. The van der Waals surface area contributed by atoms with Crippen molar-refractivity contribution in [1.29, 1.82) is 0 Å². The zero-order chi connectivity index (χ0) is 14.0. The lowest BCUT2D eigenvalue weighted by molar-refractivity contribution is -0.134. The van der Waals surface area contributed by atoms with E-state index < -0.39 is 6.04 Å². The van der Waals surface area contributed by atoms with E-state index in [2.05, 4.69) is 0 Å². The minimum atomic E-state index is -0.458. The molecule has 0 radical (unpaired) electrons. The third-order valence-corrected chi connectivity index (χ3v) is 4.03. The van der Waals surface area contributed by atoms with Crippen LogP contribution in [0.2, 0.25) is 0 Å². The molecular weight excluding hydrogens is 279 g/mol. The van der Waals surface area contributed by atoms with Crippen molar-refractivity contribution in [2.45, 2.75) is 39.3 Å². The number of benzene rings is 1. The second-order valence-corrected chi connectivity index (χ2v) is 5.33. The topological polar surface area (TPSA) is 46.3 Å². The average molecular weight is 301 g/mol. The number of halogens is 2. The van der Waals surface area contributed by atoms with Crippen LogP contribution in [0.15, 0.2) is 18.2 Å². The van der Waals surface area contributed by atoms with Crippen LogP contribution in [-0.2, 0) is 17.8 Å². The van der Waals surface area contributed by atoms with Gasteiger partial charge in [-0.2, -0.15) is 0 Å². The minimum absolute atomic E-state index is 0. The molecule has 20 heavy (non-hydrogen) atoms. The predicted octanol–water partition coefficient (Wildman–Crippen LogP) is 2.51. The van der Waals surface area contributed by atoms with Crippen molar-refractivity contribution in [3.8, 4) is 0 Å². The van der Waals surface area contributed by atoms with Crippen molar-refractivity contribution in [3.63, 3.8) is 0 Å². The number of hydrogen-bond acceptors (Lipinski definition) is 2. The Morgan fingerprint density at radius 1 is 1.45 bits per heavy atom. The Labute approximate surface area is 125 Å². The Kier molecular flexibility index (Phi) is 5.96. The van der Waals surface area contributed by atoms with Gasteiger partial charge in [-0.15, -0.1) is 12.4 Å². The molecule has 0 spiro atoms. The number of fused-ring (bicyclic) bond motifs is 1. The van der Waals surface area contributed by atoms with Crippen LogP contribution < -0.4 is 5.73 Å². The Balaban J connectivity index is 0.00000200. The number of nitrogens with zero attached hydrogens (tertiary/aromatic N) is 1. The Hall–Kier alpha value is -1.13. The summed E-state index contributed by atoms with van der Waals surface area (Å²) in [5.41, 5.74) is 8.01. The lowest BCUT2D eigenvalue weighted by atomic mass is 9.95. The third-order valence-electron chi connectivity index (χ3n) is 4.03. The first kappa shape index (κ1) is 16.9. The number of carbonyl (C=O) groups is 1. The molecule has 0 aliphatic carbocycles. The van der Waals surface area contributed by atoms with Crippen LogP contribution in [-0.4, -0.2) is 23.4 Å². The summed E-state index contributed by atoms with van der Waals surface area (Å²) < 4.78 is 13.2. The standard InChI is InChI=1S/C15H21FN2O.ClH/c1-3-10(2)14(17)15(19)18-7-6-11-4-5-13(16)8-12(11)9-18;/h4-5,8,10,14H,3,6-7,9,17H2,1-2H3;1H. The Bertz CT molecular complexity index is 481. The number of hydrogen-bond donors (Lipinski definition) is 1. The predicted molar refractivity (Wildman–Crippen MR) is 80.2 cm³/mol. The molecule has 112 valence electrons. The molecule has 1 aromatic carbocycles. The summed E-state index contributed by atoms with van der Waals surface area (Å²) >= 11 is 0. The second kappa shape index (κ2) is 7.04. The summed E-state index contributed by atoms with van der Waals surface area (Å²) in [5.74, 6) is -0.107. The van der Waals surface area contributed by atoms with E-state index in [1.807, 2.05) is 13.8 Å². The van der Waals surface area contributed by atoms with Gasteiger partial charge in [-0.05, 0) is 35.6 Å². The fourth-order valence-corrected chi connectivity index (χ4v) is 2.42. The van der Waals surface area contributed by atoms with Gasteiger partial charge in [-0.3, -0.25) is 4.79 Å². The molecule has 1 amide bonds. The summed E-state index contributed by atoms with van der Waals surface area (Å²) in [4.78, 5) is 14.0. The maximum absolute atomic E-state index is 13.2. The highest BCUT2D eigenvalue weighted by atomic mass is 35.5. The van der Waals surface area contributed by atoms with Crippen molar-refractivity contribution in [2.24, 2.45) is 11.7 Å². The first-order chi connectivity index (χ1) is 9.02. The van der Waals surface area contributed by atoms with Crippen LogP contribution in [0.4, 0.5) is 4.39 Å². The monoisotopic (exact) mass is 300 g/mol. The molecule has 2 N–H and O–H groups in total. The van der Waals surface area contributed by atoms with Gasteiger partial charge in [0.15, 0.2) is 0 Å². The highest BCUT2D eigenvalue weighted by Gasteiger charge is 2.27. The fourth-order valence-electron chi connectivity index (χ4n) is 2.42. The fraction of sp³-hybridized carbons (Fsp3) is 0.533. The molecule has 2 rings (SSSR count). The van der Waals surface area contributed by atoms with E-state index in [9.17, 15) is 9.18 Å². The van der Waals surface area contributed by atoms with E-state index in [4.69, 9.17) is 5.73 Å². The first-order valence-corrected chi connectivity index (χ1v) is 6.84. The zero-order valence-corrected chi connectivity index (χ0v) is 12.8. The molecule has 1 aromatic rings. The molecule has 3 nitrogen and oxygen atoms in total. The van der Waals surface area contributed by atoms with Crippen LogP contribution in [0.25, 0.3) is 0 Å². The molecule has 0 saturated carbocycles. The van der Waals surface area contributed by atoms with Crippen LogP contribution in [0.3, 0.4) is 0 Å². The second-order valence-electron chi connectivity index (χ2n) is 5.33. The molecule has 0 fully saturated rings. The smallest absolute Gasteiger partial charge is 0.240 e. The van der Waals surface area contributed by atoms with Gasteiger partial charge in [-0.1, -0.05) is 26.3 Å². The van der Waals surface area contributed by atoms with Gasteiger partial charge in [0.2, 0.25) is 5.91 Å². The maximum Gasteiger partial charge on any atom is 0.240 e. The maximum atomic E-state index is 13.2. The van der Waals surface area contributed by atoms with Gasteiger partial charge in [0.25, 0.3) is 0 Å². The van der Waals surface area contributed by atoms with Gasteiger partial charge >= 0.3 is 0 Å². The van der Waals surface area contributed by atoms with Crippen molar-refractivity contribution in [2.75, 3.05) is 6.54 Å². The lowest BCUT2D eigenvalue weighted by Crippen LogP contribution is -2.48. The molecule has 1 aliphatic rings. The molecule has 5 heteroatoms. The Morgan fingerprint density at radius 3 is 2.80 bits per heavy atom. The first-order valence-electron chi connectivity index (χ1n) is 6.84. The zero-order valence-electron chi connectivity index (χ0n) is 11.9. The van der Waals surface area contributed by atoms with E-state index in [0.29, 0.717) is 13.1 Å². The molecule has 0 aromatic heterocycles. The van der Waals surface area contributed by atoms with Crippen molar-refractivity contribution in [3.05, 3.63) is 35.1 Å². The van der Waals surface area contributed by atoms with E-state index in [1.54, 1.807) is 11.0 Å². The molecule has 1 aliphatic heterocycles. The molecule has 0 bridgehead atoms. The normalized spacial score (nSPS) is 16.9. The molecule has 2 unspecified atom stereocenters. The number of amides is 1. The van der Waals surface area contributed by atoms with Gasteiger partial charge in [0.05, 0.1) is 6.04 Å². The summed E-state index contributed by atoms with van der Waals surface area (Å²) in [5, 5.41) is 0. The molecular formula is C15H22ClFN2O. The summed E-state index contributed by atoms with van der Waals surface area (Å²) in [7, 11) is 0. The number of nitrogens with two attached hydrogens (primary N) is 1. The van der Waals surface area contributed by atoms with Gasteiger partial charge < -0.3 is 10.6 Å². The van der Waals surface area contributed by atoms with Crippen molar-refractivity contribution >= 4 is 18.3 Å². The van der Waals surface area contributed by atoms with Crippen LogP contribution in [0.5, 0.6) is 0 Å². The summed E-state index contributed by atoms with van der Waals surface area (Å²) in [6.45, 7) is 5.15. The van der Waals surface area contributed by atoms with E-state index >= 15 is 0 Å². The largest absolute Gasteiger partial charge is 0.337 e. The number of rotatable bonds is 3. The van der Waals surface area contributed by atoms with Gasteiger partial charge in [0.1, 0.15) is 5.82 Å². The van der Waals surface area contributed by atoms with Crippen LogP contribution in [0, 0.1) is 11.7 Å². The van der Waals surface area contributed by atoms with Gasteiger partial charge in [0, 0.05) is 13.1 Å². The third kappa shape index (κ3) is 3.49. The summed E-state index contributed by atoms with van der Waals surface area (Å²) in [6, 6.07) is 4.34. The molecule has 2 atom stereocenters. The molecule has 1 heterocycles. The Morgan fingerprint density at radius 2 is 2.15 bits per heavy atom. The quantitative estimate of drug-likeness (QED) is 0.932. The van der Waals surface area contributed by atoms with Crippen LogP contribution >= 0.6 is 12.4 Å². The summed E-state index contributed by atoms with van der Waals surface area (Å²) in [6.07, 6.45) is 1.65. The van der Waals surface area contributed by atoms with E-state index in [0.717, 1.165) is 24.0 Å². The molecule has 0 saturated heterocycles. The van der Waals surface area contributed by atoms with Crippen molar-refractivity contribution in [1.82, 2.24) is 4.90 Å². The van der Waals surface area contributed by atoms with Gasteiger partial charge in [-0.25, -0.2) is 4.39 Å². The highest BCUT2D eigenvalue weighted by molar-refractivity contribution is 5.85. The van der Waals surface area contributed by atoms with E-state index in [1.165, 1.54) is 12.1 Å². The highest BCUT2D eigenvalue weighted by Crippen LogP contribution is 2.21. The van der Waals surface area contributed by atoms with E-state index in [-0.39, 0.29) is 30.0 Å². The van der Waals surface area contributed by atoms with Crippen molar-refractivity contribution < 1.29 is 9.18 Å².